The Bertz CT molecular complexity index is 871. The van der Waals surface area contributed by atoms with Crippen LogP contribution in [0, 0.1) is 17.8 Å². The number of benzene rings is 1. The minimum Gasteiger partial charge on any atom is -0.481 e. The van der Waals surface area contributed by atoms with Gasteiger partial charge in [-0.1, -0.05) is 24.8 Å². The molecule has 4 rings (SSSR count). The Morgan fingerprint density at radius 3 is 2.81 bits per heavy atom. The molecule has 1 fully saturated rings. The highest BCUT2D eigenvalue weighted by atomic mass is 32.1. The molecule has 1 spiro atoms. The van der Waals surface area contributed by atoms with Crippen LogP contribution >= 0.6 is 11.3 Å². The number of carboxylic acid groups (broad SMARTS) is 1. The van der Waals surface area contributed by atoms with Crippen LogP contribution in [-0.2, 0) is 16.8 Å². The largest absolute Gasteiger partial charge is 0.481 e. The van der Waals surface area contributed by atoms with E-state index in [1.54, 1.807) is 11.3 Å². The Hall–Kier alpha value is -2.09. The molecule has 1 atom stereocenters. The second-order valence-corrected chi connectivity index (χ2v) is 8.57. The number of nitrogens with zero attached hydrogens (tertiary/aromatic N) is 1. The third-order valence-corrected chi connectivity index (χ3v) is 6.10. The predicted molar refractivity (Wildman–Crippen MR) is 104 cm³/mol. The Morgan fingerprint density at radius 1 is 1.31 bits per heavy atom. The van der Waals surface area contributed by atoms with Crippen molar-refractivity contribution in [2.45, 2.75) is 38.1 Å². The molecule has 4 heteroatoms. The van der Waals surface area contributed by atoms with Crippen LogP contribution in [0.15, 0.2) is 35.0 Å². The second kappa shape index (κ2) is 6.90. The lowest BCUT2D eigenvalue weighted by Gasteiger charge is -2.36. The van der Waals surface area contributed by atoms with Gasteiger partial charge in [-0.25, -0.2) is 0 Å². The van der Waals surface area contributed by atoms with Crippen LogP contribution in [0.3, 0.4) is 0 Å². The van der Waals surface area contributed by atoms with Crippen molar-refractivity contribution in [1.29, 1.82) is 0 Å². The fourth-order valence-corrected chi connectivity index (χ4v) is 4.67. The SMILES string of the molecule is CC(CC(=O)O)CN1Cc2ccc(C#Cc3ccsc3)cc2C2(CC2)C1. The summed E-state index contributed by atoms with van der Waals surface area (Å²) < 4.78 is 0. The third-order valence-electron chi connectivity index (χ3n) is 5.42. The molecule has 1 aliphatic heterocycles. The van der Waals surface area contributed by atoms with E-state index in [1.165, 1.54) is 24.0 Å². The summed E-state index contributed by atoms with van der Waals surface area (Å²) in [7, 11) is 0. The molecule has 1 aliphatic carbocycles. The van der Waals surface area contributed by atoms with Gasteiger partial charge < -0.3 is 5.11 Å². The van der Waals surface area contributed by atoms with Gasteiger partial charge in [0.15, 0.2) is 0 Å². The molecule has 3 nitrogen and oxygen atoms in total. The zero-order valence-electron chi connectivity index (χ0n) is 15.0. The van der Waals surface area contributed by atoms with E-state index in [2.05, 4.69) is 51.8 Å². The van der Waals surface area contributed by atoms with Gasteiger partial charge in [-0.05, 0) is 53.5 Å². The van der Waals surface area contributed by atoms with E-state index in [0.29, 0.717) is 0 Å². The lowest BCUT2D eigenvalue weighted by Crippen LogP contribution is -2.40. The summed E-state index contributed by atoms with van der Waals surface area (Å²) in [6.45, 7) is 4.85. The summed E-state index contributed by atoms with van der Waals surface area (Å²) in [5, 5.41) is 13.1. The van der Waals surface area contributed by atoms with Crippen molar-refractivity contribution in [3.8, 4) is 11.8 Å². The average Bonchev–Trinajstić information content (AvgIpc) is 3.15. The lowest BCUT2D eigenvalue weighted by atomic mass is 9.85. The Kier molecular flexibility index (Phi) is 4.60. The molecule has 1 saturated carbocycles. The quantitative estimate of drug-likeness (QED) is 0.829. The fourth-order valence-electron chi connectivity index (χ4n) is 4.09. The molecule has 1 unspecified atom stereocenters. The molecule has 2 aromatic rings. The molecular weight excluding hydrogens is 342 g/mol. The van der Waals surface area contributed by atoms with Crippen molar-refractivity contribution in [2.24, 2.45) is 5.92 Å². The van der Waals surface area contributed by atoms with Gasteiger partial charge in [0.05, 0.1) is 0 Å². The van der Waals surface area contributed by atoms with Crippen LogP contribution in [-0.4, -0.2) is 29.1 Å². The zero-order chi connectivity index (χ0) is 18.1. The lowest BCUT2D eigenvalue weighted by molar-refractivity contribution is -0.138. The second-order valence-electron chi connectivity index (χ2n) is 7.79. The number of aliphatic carboxylic acids is 1. The van der Waals surface area contributed by atoms with Crippen LogP contribution < -0.4 is 0 Å². The number of hydrogen-bond acceptors (Lipinski definition) is 3. The van der Waals surface area contributed by atoms with E-state index in [4.69, 9.17) is 5.11 Å². The van der Waals surface area contributed by atoms with Gasteiger partial charge in [0.2, 0.25) is 0 Å². The monoisotopic (exact) mass is 365 g/mol. The molecule has 2 heterocycles. The Balaban J connectivity index is 1.53. The van der Waals surface area contributed by atoms with E-state index < -0.39 is 5.97 Å². The number of thiophene rings is 1. The van der Waals surface area contributed by atoms with E-state index in [1.807, 2.05) is 6.92 Å². The van der Waals surface area contributed by atoms with E-state index in [9.17, 15) is 4.79 Å². The standard InChI is InChI=1S/C22H23NO2S/c1-16(10-21(24)25)12-23-13-19-5-4-17(2-3-18-6-9-26-14-18)11-20(19)22(15-23)7-8-22/h4-6,9,11,14,16H,7-8,10,12-13,15H2,1H3,(H,24,25). The van der Waals surface area contributed by atoms with Crippen molar-refractivity contribution < 1.29 is 9.90 Å². The van der Waals surface area contributed by atoms with Gasteiger partial charge in [-0.3, -0.25) is 9.69 Å². The summed E-state index contributed by atoms with van der Waals surface area (Å²) in [5.41, 5.74) is 5.30. The van der Waals surface area contributed by atoms with E-state index in [-0.39, 0.29) is 17.8 Å². The van der Waals surface area contributed by atoms with Gasteiger partial charge in [-0.2, -0.15) is 11.3 Å². The van der Waals surface area contributed by atoms with Crippen molar-refractivity contribution in [3.63, 3.8) is 0 Å². The maximum Gasteiger partial charge on any atom is 0.303 e. The molecular formula is C22H23NO2S. The van der Waals surface area contributed by atoms with Crippen molar-refractivity contribution in [2.75, 3.05) is 13.1 Å². The summed E-state index contributed by atoms with van der Waals surface area (Å²) >= 11 is 1.67. The molecule has 0 amide bonds. The van der Waals surface area contributed by atoms with E-state index in [0.717, 1.165) is 30.8 Å². The van der Waals surface area contributed by atoms with Crippen LogP contribution in [0.4, 0.5) is 0 Å². The number of carbonyl (C=O) groups is 1. The highest BCUT2D eigenvalue weighted by Crippen LogP contribution is 2.52. The average molecular weight is 365 g/mol. The normalized spacial score (nSPS) is 18.7. The first-order chi connectivity index (χ1) is 12.5. The first-order valence-electron chi connectivity index (χ1n) is 9.16. The maximum atomic E-state index is 10.9. The van der Waals surface area contributed by atoms with Gasteiger partial charge in [0, 0.05) is 48.0 Å². The predicted octanol–water partition coefficient (Wildman–Crippen LogP) is 4.11. The topological polar surface area (TPSA) is 40.5 Å². The van der Waals surface area contributed by atoms with Crippen LogP contribution in [0.2, 0.25) is 0 Å². The number of rotatable bonds is 4. The molecule has 1 aromatic carbocycles. The first-order valence-corrected chi connectivity index (χ1v) is 10.1. The van der Waals surface area contributed by atoms with Gasteiger partial charge in [0.1, 0.15) is 0 Å². The van der Waals surface area contributed by atoms with E-state index >= 15 is 0 Å². The number of fused-ring (bicyclic) bond motifs is 2. The minimum atomic E-state index is -0.704. The molecule has 0 bridgehead atoms. The molecule has 2 aliphatic rings. The Morgan fingerprint density at radius 2 is 2.12 bits per heavy atom. The van der Waals surface area contributed by atoms with Crippen molar-refractivity contribution in [1.82, 2.24) is 4.90 Å². The molecule has 134 valence electrons. The van der Waals surface area contributed by atoms with Gasteiger partial charge in [0.25, 0.3) is 0 Å². The zero-order valence-corrected chi connectivity index (χ0v) is 15.8. The molecule has 0 radical (unpaired) electrons. The molecule has 1 N–H and O–H groups in total. The van der Waals surface area contributed by atoms with Gasteiger partial charge in [-0.15, -0.1) is 0 Å². The fraction of sp³-hybridized carbons (Fsp3) is 0.409. The maximum absolute atomic E-state index is 10.9. The third kappa shape index (κ3) is 3.70. The number of carboxylic acids is 1. The van der Waals surface area contributed by atoms with Crippen LogP contribution in [0.1, 0.15) is 48.4 Å². The molecule has 0 saturated heterocycles. The summed E-state index contributed by atoms with van der Waals surface area (Å²) in [5.74, 6) is 6.03. The van der Waals surface area contributed by atoms with Gasteiger partial charge >= 0.3 is 5.97 Å². The molecule has 26 heavy (non-hydrogen) atoms. The minimum absolute atomic E-state index is 0.181. The van der Waals surface area contributed by atoms with Crippen LogP contribution in [0.5, 0.6) is 0 Å². The summed E-state index contributed by atoms with van der Waals surface area (Å²) in [6.07, 6.45) is 2.70. The summed E-state index contributed by atoms with van der Waals surface area (Å²) in [6, 6.07) is 8.69. The van der Waals surface area contributed by atoms with Crippen molar-refractivity contribution >= 4 is 17.3 Å². The smallest absolute Gasteiger partial charge is 0.303 e. The highest BCUT2D eigenvalue weighted by Gasteiger charge is 2.49. The van der Waals surface area contributed by atoms with Crippen LogP contribution in [0.25, 0.3) is 0 Å². The highest BCUT2D eigenvalue weighted by molar-refractivity contribution is 7.08. The number of hydrogen-bond donors (Lipinski definition) is 1. The first kappa shape index (κ1) is 17.3. The molecule has 1 aromatic heterocycles. The summed E-state index contributed by atoms with van der Waals surface area (Å²) in [4.78, 5) is 13.4. The Labute approximate surface area is 158 Å². The van der Waals surface area contributed by atoms with Crippen molar-refractivity contribution in [3.05, 3.63) is 57.3 Å².